The number of hydrogen-bond donors (Lipinski definition) is 0. The third-order valence-electron chi connectivity index (χ3n) is 5.72. The Hall–Kier alpha value is -1.78. The second kappa shape index (κ2) is 7.22. The number of piperidine rings is 1. The third-order valence-corrected chi connectivity index (χ3v) is 5.72. The van der Waals surface area contributed by atoms with Crippen LogP contribution in [0.1, 0.15) is 30.5 Å². The molecular formula is C21H26FN3. The van der Waals surface area contributed by atoms with E-state index < -0.39 is 0 Å². The molecule has 2 aliphatic rings. The maximum Gasteiger partial charge on any atom is 0.127 e. The molecule has 2 aliphatic heterocycles. The van der Waals surface area contributed by atoms with Crippen molar-refractivity contribution in [3.05, 3.63) is 65.7 Å². The molecule has 4 rings (SSSR count). The first-order valence-corrected chi connectivity index (χ1v) is 9.31. The van der Waals surface area contributed by atoms with E-state index in [2.05, 4.69) is 26.9 Å². The minimum absolute atomic E-state index is 0.0784. The zero-order valence-corrected chi connectivity index (χ0v) is 14.7. The number of pyridine rings is 1. The molecule has 2 aromatic rings. The number of aromatic nitrogens is 1. The minimum atomic E-state index is -0.0784. The van der Waals surface area contributed by atoms with Gasteiger partial charge in [0, 0.05) is 37.9 Å². The summed E-state index contributed by atoms with van der Waals surface area (Å²) in [6, 6.07) is 13.3. The number of benzene rings is 1. The molecule has 1 aromatic carbocycles. The molecule has 3 heterocycles. The van der Waals surface area contributed by atoms with Crippen LogP contribution in [-0.2, 0) is 13.1 Å². The molecular weight excluding hydrogens is 313 g/mol. The molecule has 0 amide bonds. The van der Waals surface area contributed by atoms with E-state index in [4.69, 9.17) is 0 Å². The summed E-state index contributed by atoms with van der Waals surface area (Å²) in [6.07, 6.45) is 5.62. The SMILES string of the molecule is Fc1ccccc1CN1CCCC2(CCN(Cc3ccccn3)C2)C1. The topological polar surface area (TPSA) is 19.4 Å². The van der Waals surface area contributed by atoms with E-state index in [1.165, 1.54) is 19.3 Å². The van der Waals surface area contributed by atoms with E-state index in [0.717, 1.165) is 50.5 Å². The van der Waals surface area contributed by atoms with Crippen LogP contribution < -0.4 is 0 Å². The van der Waals surface area contributed by atoms with Crippen LogP contribution >= 0.6 is 0 Å². The monoisotopic (exact) mass is 339 g/mol. The molecule has 0 radical (unpaired) electrons. The normalized spacial score (nSPS) is 24.8. The summed E-state index contributed by atoms with van der Waals surface area (Å²) >= 11 is 0. The van der Waals surface area contributed by atoms with Gasteiger partial charge in [0.15, 0.2) is 0 Å². The zero-order valence-electron chi connectivity index (χ0n) is 14.7. The highest BCUT2D eigenvalue weighted by Gasteiger charge is 2.41. The molecule has 1 unspecified atom stereocenters. The summed E-state index contributed by atoms with van der Waals surface area (Å²) in [5.41, 5.74) is 2.35. The first-order chi connectivity index (χ1) is 12.2. The molecule has 0 saturated carbocycles. The van der Waals surface area contributed by atoms with Crippen LogP contribution in [0.25, 0.3) is 0 Å². The Morgan fingerprint density at radius 3 is 2.52 bits per heavy atom. The van der Waals surface area contributed by atoms with Crippen LogP contribution in [0.4, 0.5) is 4.39 Å². The van der Waals surface area contributed by atoms with E-state index in [9.17, 15) is 4.39 Å². The molecule has 0 N–H and O–H groups in total. The van der Waals surface area contributed by atoms with Crippen LogP contribution in [-0.4, -0.2) is 41.0 Å². The molecule has 3 nitrogen and oxygen atoms in total. The van der Waals surface area contributed by atoms with Crippen molar-refractivity contribution in [2.75, 3.05) is 26.2 Å². The van der Waals surface area contributed by atoms with E-state index in [0.29, 0.717) is 5.41 Å². The smallest absolute Gasteiger partial charge is 0.127 e. The van der Waals surface area contributed by atoms with Crippen LogP contribution in [0.5, 0.6) is 0 Å². The maximum atomic E-state index is 14.0. The quantitative estimate of drug-likeness (QED) is 0.846. The Kier molecular flexibility index (Phi) is 4.82. The number of nitrogens with zero attached hydrogens (tertiary/aromatic N) is 3. The van der Waals surface area contributed by atoms with E-state index in [-0.39, 0.29) is 5.82 Å². The summed E-state index contributed by atoms with van der Waals surface area (Å²) in [7, 11) is 0. The van der Waals surface area contributed by atoms with Gasteiger partial charge in [0.25, 0.3) is 0 Å². The summed E-state index contributed by atoms with van der Waals surface area (Å²) in [5.74, 6) is -0.0784. The first-order valence-electron chi connectivity index (χ1n) is 9.31. The largest absolute Gasteiger partial charge is 0.298 e. The lowest BCUT2D eigenvalue weighted by atomic mass is 9.79. The molecule has 0 aliphatic carbocycles. The Balaban J connectivity index is 1.38. The van der Waals surface area contributed by atoms with Crippen LogP contribution in [0.15, 0.2) is 48.7 Å². The predicted molar refractivity (Wildman–Crippen MR) is 97.5 cm³/mol. The summed E-state index contributed by atoms with van der Waals surface area (Å²) < 4.78 is 14.0. The van der Waals surface area contributed by atoms with Gasteiger partial charge in [0.2, 0.25) is 0 Å². The second-order valence-electron chi connectivity index (χ2n) is 7.69. The summed E-state index contributed by atoms with van der Waals surface area (Å²) in [4.78, 5) is 9.45. The van der Waals surface area contributed by atoms with Crippen molar-refractivity contribution in [3.8, 4) is 0 Å². The van der Waals surface area contributed by atoms with E-state index in [1.54, 1.807) is 12.1 Å². The average molecular weight is 339 g/mol. The summed E-state index contributed by atoms with van der Waals surface area (Å²) in [6.45, 7) is 6.11. The highest BCUT2D eigenvalue weighted by molar-refractivity contribution is 5.17. The Bertz CT molecular complexity index is 705. The van der Waals surface area contributed by atoms with Gasteiger partial charge < -0.3 is 0 Å². The number of likely N-dealkylation sites (tertiary alicyclic amines) is 2. The summed E-state index contributed by atoms with van der Waals surface area (Å²) in [5, 5.41) is 0. The molecule has 2 saturated heterocycles. The highest BCUT2D eigenvalue weighted by atomic mass is 19.1. The molecule has 2 fully saturated rings. The van der Waals surface area contributed by atoms with Crippen molar-refractivity contribution in [2.24, 2.45) is 5.41 Å². The average Bonchev–Trinajstić information content (AvgIpc) is 3.00. The molecule has 1 spiro atoms. The number of rotatable bonds is 4. The van der Waals surface area contributed by atoms with Gasteiger partial charge >= 0.3 is 0 Å². The Labute approximate surface area is 149 Å². The van der Waals surface area contributed by atoms with Crippen molar-refractivity contribution >= 4 is 0 Å². The minimum Gasteiger partial charge on any atom is -0.298 e. The van der Waals surface area contributed by atoms with Crippen molar-refractivity contribution in [2.45, 2.75) is 32.4 Å². The van der Waals surface area contributed by atoms with Crippen molar-refractivity contribution in [1.29, 1.82) is 0 Å². The molecule has 25 heavy (non-hydrogen) atoms. The van der Waals surface area contributed by atoms with Gasteiger partial charge in [-0.25, -0.2) is 4.39 Å². The predicted octanol–water partition coefficient (Wildman–Crippen LogP) is 3.71. The molecule has 1 aromatic heterocycles. The standard InChI is InChI=1S/C21H26FN3/c22-20-8-2-1-6-18(20)14-24-12-5-9-21(16-24)10-13-25(17-21)15-19-7-3-4-11-23-19/h1-4,6-8,11H,5,9-10,12-17H2. The maximum absolute atomic E-state index is 14.0. The fourth-order valence-electron chi connectivity index (χ4n) is 4.53. The van der Waals surface area contributed by atoms with E-state index in [1.807, 2.05) is 24.4 Å². The van der Waals surface area contributed by atoms with E-state index >= 15 is 0 Å². The lowest BCUT2D eigenvalue weighted by molar-refractivity contribution is 0.0857. The fraction of sp³-hybridized carbons (Fsp3) is 0.476. The Morgan fingerprint density at radius 1 is 0.920 bits per heavy atom. The van der Waals surface area contributed by atoms with Gasteiger partial charge in [-0.3, -0.25) is 14.8 Å². The highest BCUT2D eigenvalue weighted by Crippen LogP contribution is 2.39. The van der Waals surface area contributed by atoms with Crippen molar-refractivity contribution in [3.63, 3.8) is 0 Å². The van der Waals surface area contributed by atoms with Gasteiger partial charge in [-0.15, -0.1) is 0 Å². The Morgan fingerprint density at radius 2 is 1.72 bits per heavy atom. The fourth-order valence-corrected chi connectivity index (χ4v) is 4.53. The van der Waals surface area contributed by atoms with Gasteiger partial charge in [-0.1, -0.05) is 24.3 Å². The number of halogens is 1. The van der Waals surface area contributed by atoms with Crippen LogP contribution in [0, 0.1) is 11.2 Å². The zero-order chi connectivity index (χ0) is 17.1. The van der Waals surface area contributed by atoms with Crippen molar-refractivity contribution in [1.82, 2.24) is 14.8 Å². The molecule has 0 bridgehead atoms. The molecule has 4 heteroatoms. The first kappa shape index (κ1) is 16.7. The van der Waals surface area contributed by atoms with Crippen molar-refractivity contribution < 1.29 is 4.39 Å². The van der Waals surface area contributed by atoms with Crippen LogP contribution in [0.3, 0.4) is 0 Å². The van der Waals surface area contributed by atoms with Crippen LogP contribution in [0.2, 0.25) is 0 Å². The molecule has 1 atom stereocenters. The molecule has 132 valence electrons. The lowest BCUT2D eigenvalue weighted by Crippen LogP contribution is -2.44. The van der Waals surface area contributed by atoms with Gasteiger partial charge in [-0.2, -0.15) is 0 Å². The van der Waals surface area contributed by atoms with Gasteiger partial charge in [-0.05, 0) is 56.0 Å². The third kappa shape index (κ3) is 3.91. The number of hydrogen-bond acceptors (Lipinski definition) is 3. The van der Waals surface area contributed by atoms with Gasteiger partial charge in [0.05, 0.1) is 5.69 Å². The lowest BCUT2D eigenvalue weighted by Gasteiger charge is -2.40. The second-order valence-corrected chi connectivity index (χ2v) is 7.69. The van der Waals surface area contributed by atoms with Gasteiger partial charge in [0.1, 0.15) is 5.82 Å².